The lowest BCUT2D eigenvalue weighted by Crippen LogP contribution is -2.58. The minimum absolute atomic E-state index is 0.0741. The fourth-order valence-corrected chi connectivity index (χ4v) is 8.16. The highest BCUT2D eigenvalue weighted by molar-refractivity contribution is 6.06. The molecule has 238 valence electrons. The van der Waals surface area contributed by atoms with E-state index in [4.69, 9.17) is 16.1 Å². The second-order valence-electron chi connectivity index (χ2n) is 13.2. The number of aliphatic hydroxyl groups is 1. The maximum atomic E-state index is 17.0. The highest BCUT2D eigenvalue weighted by atomic mass is 19.1. The van der Waals surface area contributed by atoms with Gasteiger partial charge in [-0.05, 0) is 62.7 Å². The van der Waals surface area contributed by atoms with E-state index in [0.29, 0.717) is 48.9 Å². The Morgan fingerprint density at radius 1 is 1.13 bits per heavy atom. The first-order valence-corrected chi connectivity index (χ1v) is 15.7. The molecule has 0 unspecified atom stereocenters. The van der Waals surface area contributed by atoms with Crippen molar-refractivity contribution in [3.63, 3.8) is 0 Å². The molecule has 12 heteroatoms. The Hall–Kier alpha value is -4.34. The number of phenolic OH excluding ortho intramolecular Hbond substituents is 1. The highest BCUT2D eigenvalue weighted by Crippen LogP contribution is 2.45. The number of aromatic nitrogens is 3. The number of anilines is 2. The summed E-state index contributed by atoms with van der Waals surface area (Å²) in [4.78, 5) is 18.1. The number of pyridine rings is 1. The zero-order valence-electron chi connectivity index (χ0n) is 25.3. The van der Waals surface area contributed by atoms with Gasteiger partial charge in [0.2, 0.25) is 0 Å². The predicted octanol–water partition coefficient (Wildman–Crippen LogP) is 4.91. The average molecular weight is 631 g/mol. The van der Waals surface area contributed by atoms with Crippen LogP contribution in [0.5, 0.6) is 11.8 Å². The predicted molar refractivity (Wildman–Crippen MR) is 168 cm³/mol. The van der Waals surface area contributed by atoms with Gasteiger partial charge >= 0.3 is 6.01 Å². The van der Waals surface area contributed by atoms with E-state index in [1.165, 1.54) is 24.3 Å². The van der Waals surface area contributed by atoms with Crippen LogP contribution in [0.25, 0.3) is 32.9 Å². The minimum Gasteiger partial charge on any atom is -0.508 e. The number of hydrogen-bond donors (Lipinski definition) is 3. The molecule has 2 aromatic carbocycles. The second-order valence-corrected chi connectivity index (χ2v) is 13.2. The van der Waals surface area contributed by atoms with Gasteiger partial charge in [-0.15, -0.1) is 6.42 Å². The smallest absolute Gasteiger partial charge is 0.319 e. The molecular weight excluding hydrogens is 597 g/mol. The number of benzene rings is 2. The zero-order chi connectivity index (χ0) is 32.0. The highest BCUT2D eigenvalue weighted by Gasteiger charge is 2.50. The summed E-state index contributed by atoms with van der Waals surface area (Å²) >= 11 is 0. The number of alkyl halides is 1. The first-order valence-electron chi connectivity index (χ1n) is 15.7. The van der Waals surface area contributed by atoms with Crippen LogP contribution in [-0.4, -0.2) is 86.2 Å². The van der Waals surface area contributed by atoms with Gasteiger partial charge in [0.05, 0.1) is 28.1 Å². The number of terminal acetylenes is 1. The van der Waals surface area contributed by atoms with Crippen molar-refractivity contribution in [2.24, 2.45) is 0 Å². The number of hydrogen-bond acceptors (Lipinski definition) is 9. The maximum Gasteiger partial charge on any atom is 0.319 e. The molecule has 3 saturated heterocycles. The SMILES string of the molecule is C#Cc1c(F)ccc2cc(O)cc(-c3nc4c5c(nc(OC[C@@]67CCCN6C[C@H](F)C7)nc5c3F)N3CCC[C@@](C)(O)[C@H]3CN4)c12. The maximum absolute atomic E-state index is 17.0. The van der Waals surface area contributed by atoms with Crippen LogP contribution in [0.15, 0.2) is 24.3 Å². The topological polar surface area (TPSA) is 107 Å². The Labute approximate surface area is 263 Å². The van der Waals surface area contributed by atoms with E-state index in [0.717, 1.165) is 19.4 Å². The van der Waals surface area contributed by atoms with E-state index in [-0.39, 0.29) is 58.5 Å². The fourth-order valence-electron chi connectivity index (χ4n) is 8.16. The lowest BCUT2D eigenvalue weighted by molar-refractivity contribution is 0.0110. The lowest BCUT2D eigenvalue weighted by Gasteiger charge is -2.45. The van der Waals surface area contributed by atoms with Crippen molar-refractivity contribution >= 4 is 33.3 Å². The molecule has 2 aromatic heterocycles. The van der Waals surface area contributed by atoms with Crippen molar-refractivity contribution in [3.8, 4) is 35.4 Å². The van der Waals surface area contributed by atoms with Crippen LogP contribution in [0.4, 0.5) is 24.8 Å². The average Bonchev–Trinajstić information content (AvgIpc) is 3.49. The molecule has 0 amide bonds. The van der Waals surface area contributed by atoms with Gasteiger partial charge in [0.1, 0.15) is 47.2 Å². The molecule has 8 rings (SSSR count). The first-order chi connectivity index (χ1) is 22.1. The van der Waals surface area contributed by atoms with E-state index >= 15 is 4.39 Å². The molecule has 4 aliphatic heterocycles. The van der Waals surface area contributed by atoms with Crippen LogP contribution in [0.3, 0.4) is 0 Å². The van der Waals surface area contributed by atoms with Crippen LogP contribution < -0.4 is 15.0 Å². The molecule has 0 saturated carbocycles. The summed E-state index contributed by atoms with van der Waals surface area (Å²) in [6.07, 6.45) is 8.06. The van der Waals surface area contributed by atoms with Crippen molar-refractivity contribution in [1.82, 2.24) is 19.9 Å². The van der Waals surface area contributed by atoms with Crippen molar-refractivity contribution in [1.29, 1.82) is 0 Å². The van der Waals surface area contributed by atoms with Crippen molar-refractivity contribution < 1.29 is 28.1 Å². The molecule has 4 aliphatic rings. The third-order valence-electron chi connectivity index (χ3n) is 10.3. The molecule has 6 heterocycles. The Morgan fingerprint density at radius 2 is 1.96 bits per heavy atom. The number of rotatable bonds is 4. The standard InChI is InChI=1S/C34H33F3N6O3/c1-3-21-23(36)7-6-18-12-20(44)13-22(25(18)21)28-27(37)29-26-30(39-28)38-15-24-33(2,45)8-4-11-43(24)31(26)41-32(40-29)46-17-34-9-5-10-42(34)16-19(35)14-34/h1,6-7,12-13,19,24,44-45H,4-5,8-11,14-17H2,2H3,(H,38,39)/t19-,24-,33-,34+/m1/s1. The van der Waals surface area contributed by atoms with E-state index in [1.807, 2.05) is 4.90 Å². The Balaban J connectivity index is 1.34. The van der Waals surface area contributed by atoms with Crippen LogP contribution in [0.1, 0.15) is 44.6 Å². The summed E-state index contributed by atoms with van der Waals surface area (Å²) in [7, 11) is 0. The molecule has 46 heavy (non-hydrogen) atoms. The van der Waals surface area contributed by atoms with E-state index in [1.54, 1.807) is 6.92 Å². The van der Waals surface area contributed by atoms with Gasteiger partial charge in [0.25, 0.3) is 0 Å². The minimum atomic E-state index is -1.09. The molecular formula is C34H33F3N6O3. The van der Waals surface area contributed by atoms with Gasteiger partial charge < -0.3 is 25.2 Å². The molecule has 3 N–H and O–H groups in total. The monoisotopic (exact) mass is 630 g/mol. The van der Waals surface area contributed by atoms with Crippen LogP contribution in [-0.2, 0) is 0 Å². The van der Waals surface area contributed by atoms with E-state index in [9.17, 15) is 19.0 Å². The third-order valence-corrected chi connectivity index (χ3v) is 10.3. The third kappa shape index (κ3) is 4.36. The molecule has 0 spiro atoms. The lowest BCUT2D eigenvalue weighted by atomic mass is 9.86. The van der Waals surface area contributed by atoms with Crippen molar-refractivity contribution in [3.05, 3.63) is 41.5 Å². The van der Waals surface area contributed by atoms with Crippen LogP contribution >= 0.6 is 0 Å². The van der Waals surface area contributed by atoms with E-state index < -0.39 is 35.0 Å². The Bertz CT molecular complexity index is 1970. The Kier molecular flexibility index (Phi) is 6.54. The molecule has 4 atom stereocenters. The largest absolute Gasteiger partial charge is 0.508 e. The number of nitrogens with zero attached hydrogens (tertiary/aromatic N) is 5. The summed E-state index contributed by atoms with van der Waals surface area (Å²) in [6, 6.07) is 4.89. The van der Waals surface area contributed by atoms with Crippen molar-refractivity contribution in [2.75, 3.05) is 43.0 Å². The number of phenols is 1. The molecule has 9 nitrogen and oxygen atoms in total. The summed E-state index contributed by atoms with van der Waals surface area (Å²) in [5.41, 5.74) is -1.85. The number of nitrogens with one attached hydrogen (secondary N) is 1. The van der Waals surface area contributed by atoms with Crippen LogP contribution in [0, 0.1) is 24.0 Å². The summed E-state index contributed by atoms with van der Waals surface area (Å²) in [5, 5.41) is 26.3. The second kappa shape index (κ2) is 10.3. The zero-order valence-corrected chi connectivity index (χ0v) is 25.3. The number of piperidine rings is 1. The van der Waals surface area contributed by atoms with Crippen molar-refractivity contribution in [2.45, 2.75) is 62.4 Å². The van der Waals surface area contributed by atoms with Gasteiger partial charge in [-0.2, -0.15) is 9.97 Å². The van der Waals surface area contributed by atoms with Gasteiger partial charge in [0.15, 0.2) is 5.82 Å². The number of ether oxygens (including phenoxy) is 1. The number of halogens is 3. The number of aromatic hydroxyl groups is 1. The molecule has 0 radical (unpaired) electrons. The molecule has 3 fully saturated rings. The van der Waals surface area contributed by atoms with Gasteiger partial charge in [0, 0.05) is 37.0 Å². The fraction of sp³-hybridized carbons (Fsp3) is 0.441. The molecule has 0 bridgehead atoms. The van der Waals surface area contributed by atoms with Crippen LogP contribution in [0.2, 0.25) is 0 Å². The van der Waals surface area contributed by atoms with Gasteiger partial charge in [-0.25, -0.2) is 18.2 Å². The molecule has 4 aromatic rings. The summed E-state index contributed by atoms with van der Waals surface area (Å²) in [6.45, 7) is 3.89. The summed E-state index contributed by atoms with van der Waals surface area (Å²) in [5.74, 6) is 1.33. The summed E-state index contributed by atoms with van der Waals surface area (Å²) < 4.78 is 52.6. The normalized spacial score (nSPS) is 27.3. The Morgan fingerprint density at radius 3 is 2.78 bits per heavy atom. The first kappa shape index (κ1) is 29.1. The van der Waals surface area contributed by atoms with E-state index in [2.05, 4.69) is 26.1 Å². The quantitative estimate of drug-likeness (QED) is 0.271. The molecule has 0 aliphatic carbocycles. The number of fused-ring (bicyclic) bond motifs is 4. The van der Waals surface area contributed by atoms with Gasteiger partial charge in [-0.3, -0.25) is 4.90 Å². The van der Waals surface area contributed by atoms with Gasteiger partial charge in [-0.1, -0.05) is 12.0 Å².